The fourth-order valence-electron chi connectivity index (χ4n) is 3.25. The average Bonchev–Trinajstić information content (AvgIpc) is 3.02. The third-order valence-corrected chi connectivity index (χ3v) is 13.4. The molecule has 4 heterocycles. The number of rotatable bonds is 0. The standard InChI is InChI=1S/2C5H7NO3.Sn/c2*7-4-2-1-3(6-4)5(8)9;/h2*3H,1-2H2,(H2,6,7,8,9);/q;;+4/p-4. The van der Waals surface area contributed by atoms with E-state index in [1.54, 1.807) is 0 Å². The van der Waals surface area contributed by atoms with Crippen LogP contribution in [0.15, 0.2) is 0 Å². The van der Waals surface area contributed by atoms with Crippen LogP contribution in [0.3, 0.4) is 0 Å². The molecule has 1 spiro atoms. The molecule has 2 atom stereocenters. The van der Waals surface area contributed by atoms with Crippen molar-refractivity contribution in [3.05, 3.63) is 0 Å². The molecule has 0 aromatic rings. The van der Waals surface area contributed by atoms with Crippen molar-refractivity contribution in [3.8, 4) is 0 Å². The maximum absolute atomic E-state index is 12.0. The maximum atomic E-state index is 12.0. The number of carbonyl (C=O) groups excluding carboxylic acids is 4. The summed E-state index contributed by atoms with van der Waals surface area (Å²) in [5.74, 6) is -1.57. The van der Waals surface area contributed by atoms with Crippen molar-refractivity contribution in [1.29, 1.82) is 0 Å². The Balaban J connectivity index is 1.85. The minimum absolute atomic E-state index is 0.239. The fraction of sp³-hybridized carbons (Fsp3) is 0.600. The van der Waals surface area contributed by atoms with E-state index in [1.807, 2.05) is 0 Å². The Morgan fingerprint density at radius 1 is 0.842 bits per heavy atom. The van der Waals surface area contributed by atoms with Gasteiger partial charge in [-0.25, -0.2) is 0 Å². The van der Waals surface area contributed by atoms with E-state index in [0.717, 1.165) is 0 Å². The number of carbonyl (C=O) groups is 4. The zero-order chi connectivity index (χ0) is 13.4. The van der Waals surface area contributed by atoms with Crippen LogP contribution in [0.5, 0.6) is 0 Å². The second-order valence-electron chi connectivity index (χ2n) is 5.03. The summed E-state index contributed by atoms with van der Waals surface area (Å²) < 4.78 is 13.3. The van der Waals surface area contributed by atoms with Gasteiger partial charge in [-0.05, 0) is 0 Å². The van der Waals surface area contributed by atoms with E-state index < -0.39 is 43.8 Å². The molecule has 4 saturated heterocycles. The molecule has 4 rings (SSSR count). The van der Waals surface area contributed by atoms with Crippen LogP contribution in [0, 0.1) is 0 Å². The molecule has 4 aliphatic heterocycles. The Hall–Kier alpha value is -1.32. The third kappa shape index (κ3) is 1.20. The van der Waals surface area contributed by atoms with Crippen LogP contribution in [0.2, 0.25) is 0 Å². The van der Waals surface area contributed by atoms with E-state index >= 15 is 0 Å². The molecule has 0 N–H and O–H groups in total. The Morgan fingerprint density at radius 3 is 1.68 bits per heavy atom. The Kier molecular flexibility index (Phi) is 2.06. The molecule has 9 heteroatoms. The third-order valence-electron chi connectivity index (χ3n) is 4.04. The van der Waals surface area contributed by atoms with Gasteiger partial charge in [-0.2, -0.15) is 0 Å². The molecule has 2 unspecified atom stereocenters. The van der Waals surface area contributed by atoms with Crippen molar-refractivity contribution in [2.75, 3.05) is 0 Å². The van der Waals surface area contributed by atoms with Gasteiger partial charge in [-0.3, -0.25) is 0 Å². The van der Waals surface area contributed by atoms with Gasteiger partial charge in [-0.1, -0.05) is 0 Å². The molecular weight excluding hydrogens is 363 g/mol. The van der Waals surface area contributed by atoms with Gasteiger partial charge >= 0.3 is 113 Å². The number of nitrogens with zero attached hydrogens (tertiary/aromatic N) is 2. The van der Waals surface area contributed by atoms with Crippen molar-refractivity contribution >= 4 is 43.5 Å². The fourth-order valence-corrected chi connectivity index (χ4v) is 13.5. The summed E-state index contributed by atoms with van der Waals surface area (Å²) in [6.45, 7) is 0. The van der Waals surface area contributed by atoms with Crippen molar-refractivity contribution in [1.82, 2.24) is 6.24 Å². The van der Waals surface area contributed by atoms with Crippen LogP contribution in [0.25, 0.3) is 0 Å². The van der Waals surface area contributed by atoms with Gasteiger partial charge in [0, 0.05) is 0 Å². The SMILES string of the molecule is O=C1[O][Sn]2([O]C(=O)C3CCC(=O)[N]32)[N]2C(=O)CCC12. The normalized spacial score (nSPS) is 40.0. The van der Waals surface area contributed by atoms with Crippen LogP contribution in [-0.4, -0.2) is 61.8 Å². The van der Waals surface area contributed by atoms with Crippen molar-refractivity contribution < 1.29 is 25.3 Å². The zero-order valence-electron chi connectivity index (χ0n) is 9.83. The first kappa shape index (κ1) is 11.5. The van der Waals surface area contributed by atoms with Gasteiger partial charge in [0.2, 0.25) is 0 Å². The van der Waals surface area contributed by atoms with E-state index in [-0.39, 0.29) is 24.7 Å². The van der Waals surface area contributed by atoms with Crippen LogP contribution < -0.4 is 0 Å². The van der Waals surface area contributed by atoms with Gasteiger partial charge in [-0.15, -0.1) is 0 Å². The zero-order valence-corrected chi connectivity index (χ0v) is 12.7. The van der Waals surface area contributed by atoms with Crippen LogP contribution in [-0.2, 0) is 25.3 Å². The number of hydrogen-bond acceptors (Lipinski definition) is 6. The topological polar surface area (TPSA) is 93.2 Å². The first-order chi connectivity index (χ1) is 9.04. The summed E-state index contributed by atoms with van der Waals surface area (Å²) >= 11 is -4.61. The molecule has 8 nitrogen and oxygen atoms in total. The van der Waals surface area contributed by atoms with Gasteiger partial charge in [0.15, 0.2) is 0 Å². The molecule has 4 fully saturated rings. The van der Waals surface area contributed by atoms with Gasteiger partial charge in [0.05, 0.1) is 0 Å². The molecule has 0 aromatic heterocycles. The summed E-state index contributed by atoms with van der Waals surface area (Å²) in [7, 11) is 0. The molecule has 0 bridgehead atoms. The molecule has 4 aliphatic rings. The molecule has 19 heavy (non-hydrogen) atoms. The number of fused-ring (bicyclic) bond motifs is 4. The summed E-state index contributed by atoms with van der Waals surface area (Å²) in [5.41, 5.74) is 0. The quantitative estimate of drug-likeness (QED) is 0.481. The Bertz CT molecular complexity index is 496. The van der Waals surface area contributed by atoms with Gasteiger partial charge < -0.3 is 0 Å². The minimum atomic E-state index is -4.61. The van der Waals surface area contributed by atoms with Crippen molar-refractivity contribution in [2.45, 2.75) is 37.8 Å². The number of amides is 2. The van der Waals surface area contributed by atoms with E-state index in [4.69, 9.17) is 6.15 Å². The van der Waals surface area contributed by atoms with Crippen LogP contribution in [0.1, 0.15) is 25.7 Å². The average molecular weight is 373 g/mol. The summed E-state index contributed by atoms with van der Waals surface area (Å²) in [4.78, 5) is 47.7. The van der Waals surface area contributed by atoms with E-state index in [1.165, 1.54) is 6.24 Å². The first-order valence-electron chi connectivity index (χ1n) is 6.14. The molecule has 0 aliphatic carbocycles. The molecular formula is C10H10N2O6Sn. The number of hydrogen-bond donors (Lipinski definition) is 0. The summed E-state index contributed by atoms with van der Waals surface area (Å²) in [6, 6.07) is -1.33. The molecule has 2 amide bonds. The summed E-state index contributed by atoms with van der Waals surface area (Å²) in [6.07, 6.45) is 1.23. The van der Waals surface area contributed by atoms with E-state index in [2.05, 4.69) is 0 Å². The van der Waals surface area contributed by atoms with Gasteiger partial charge in [0.1, 0.15) is 0 Å². The Morgan fingerprint density at radius 2 is 1.26 bits per heavy atom. The second-order valence-corrected chi connectivity index (χ2v) is 12.1. The van der Waals surface area contributed by atoms with E-state index in [9.17, 15) is 19.2 Å². The molecule has 0 radical (unpaired) electrons. The molecule has 100 valence electrons. The summed E-state index contributed by atoms with van der Waals surface area (Å²) in [5, 5.41) is 0. The van der Waals surface area contributed by atoms with E-state index in [0.29, 0.717) is 12.8 Å². The molecule has 0 saturated carbocycles. The van der Waals surface area contributed by atoms with Crippen molar-refractivity contribution in [2.24, 2.45) is 0 Å². The Labute approximate surface area is 113 Å². The second kappa shape index (κ2) is 3.41. The first-order valence-corrected chi connectivity index (χ1v) is 11.0. The predicted molar refractivity (Wildman–Crippen MR) is 57.7 cm³/mol. The molecule has 0 aromatic carbocycles. The monoisotopic (exact) mass is 374 g/mol. The van der Waals surface area contributed by atoms with Crippen molar-refractivity contribution in [3.63, 3.8) is 0 Å². The van der Waals surface area contributed by atoms with Crippen LogP contribution >= 0.6 is 0 Å². The predicted octanol–water partition coefficient (Wildman–Crippen LogP) is -1.48. The van der Waals surface area contributed by atoms with Gasteiger partial charge in [0.25, 0.3) is 0 Å². The van der Waals surface area contributed by atoms with Crippen LogP contribution in [0.4, 0.5) is 0 Å².